The molecule has 5 heteroatoms. The summed E-state index contributed by atoms with van der Waals surface area (Å²) in [5, 5.41) is 10.1. The maximum absolute atomic E-state index is 11.2. The van der Waals surface area contributed by atoms with E-state index < -0.39 is 5.97 Å². The number of benzene rings is 1. The Hall–Kier alpha value is -2.01. The Bertz CT molecular complexity index is 650. The van der Waals surface area contributed by atoms with Crippen LogP contribution in [0.5, 0.6) is 5.75 Å². The van der Waals surface area contributed by atoms with Crippen molar-refractivity contribution in [3.8, 4) is 5.75 Å². The SMILES string of the molecule is COc1ccc(CSc2cc(C)cc(C)n2)cc1C(=O)O. The van der Waals surface area contributed by atoms with Gasteiger partial charge < -0.3 is 9.84 Å². The van der Waals surface area contributed by atoms with Crippen molar-refractivity contribution in [2.75, 3.05) is 7.11 Å². The monoisotopic (exact) mass is 303 g/mol. The number of thioether (sulfide) groups is 1. The van der Waals surface area contributed by atoms with Crippen molar-refractivity contribution in [3.63, 3.8) is 0 Å². The second-order valence-corrected chi connectivity index (χ2v) is 5.75. The molecule has 0 saturated carbocycles. The maximum atomic E-state index is 11.2. The lowest BCUT2D eigenvalue weighted by Crippen LogP contribution is -2.01. The van der Waals surface area contributed by atoms with Crippen LogP contribution < -0.4 is 4.74 Å². The van der Waals surface area contributed by atoms with Gasteiger partial charge in [0.2, 0.25) is 0 Å². The fraction of sp³-hybridized carbons (Fsp3) is 0.250. The molecule has 2 rings (SSSR count). The van der Waals surface area contributed by atoms with Crippen molar-refractivity contribution in [1.29, 1.82) is 0 Å². The minimum atomic E-state index is -0.983. The van der Waals surface area contributed by atoms with E-state index in [9.17, 15) is 9.90 Å². The van der Waals surface area contributed by atoms with Crippen LogP contribution in [-0.2, 0) is 5.75 Å². The average Bonchev–Trinajstić information content (AvgIpc) is 2.43. The standard InChI is InChI=1S/C16H17NO3S/c1-10-6-11(2)17-15(7-10)21-9-12-4-5-14(20-3)13(8-12)16(18)19/h4-8H,9H2,1-3H3,(H,18,19). The third-order valence-electron chi connectivity index (χ3n) is 2.96. The highest BCUT2D eigenvalue weighted by molar-refractivity contribution is 7.98. The molecule has 0 unspecified atom stereocenters. The smallest absolute Gasteiger partial charge is 0.339 e. The van der Waals surface area contributed by atoms with Crippen LogP contribution in [0.15, 0.2) is 35.4 Å². The molecule has 2 aromatic rings. The Morgan fingerprint density at radius 3 is 2.67 bits per heavy atom. The lowest BCUT2D eigenvalue weighted by atomic mass is 10.1. The first-order valence-corrected chi connectivity index (χ1v) is 7.46. The summed E-state index contributed by atoms with van der Waals surface area (Å²) in [5.74, 6) is 0.0594. The van der Waals surface area contributed by atoms with Gasteiger partial charge in [0, 0.05) is 11.4 Å². The molecule has 110 valence electrons. The van der Waals surface area contributed by atoms with Crippen LogP contribution in [0.4, 0.5) is 0 Å². The number of aryl methyl sites for hydroxylation is 2. The zero-order valence-electron chi connectivity index (χ0n) is 12.2. The third-order valence-corrected chi connectivity index (χ3v) is 3.94. The van der Waals surface area contributed by atoms with Crippen LogP contribution >= 0.6 is 11.8 Å². The lowest BCUT2D eigenvalue weighted by Gasteiger charge is -2.08. The van der Waals surface area contributed by atoms with Crippen molar-refractivity contribution < 1.29 is 14.6 Å². The summed E-state index contributed by atoms with van der Waals surface area (Å²) in [6, 6.07) is 9.27. The summed E-state index contributed by atoms with van der Waals surface area (Å²) >= 11 is 1.59. The van der Waals surface area contributed by atoms with E-state index in [2.05, 4.69) is 4.98 Å². The molecule has 21 heavy (non-hydrogen) atoms. The van der Waals surface area contributed by atoms with Gasteiger partial charge in [0.25, 0.3) is 0 Å². The number of aromatic carboxylic acids is 1. The zero-order chi connectivity index (χ0) is 15.4. The Morgan fingerprint density at radius 2 is 2.05 bits per heavy atom. The fourth-order valence-corrected chi connectivity index (χ4v) is 3.02. The number of rotatable bonds is 5. The molecule has 1 aromatic carbocycles. The molecular formula is C16H17NO3S. The molecule has 0 spiro atoms. The average molecular weight is 303 g/mol. The van der Waals surface area contributed by atoms with Gasteiger partial charge in [-0.05, 0) is 49.2 Å². The van der Waals surface area contributed by atoms with Gasteiger partial charge in [-0.25, -0.2) is 9.78 Å². The van der Waals surface area contributed by atoms with Gasteiger partial charge in [-0.3, -0.25) is 0 Å². The van der Waals surface area contributed by atoms with Crippen molar-refractivity contribution in [2.45, 2.75) is 24.6 Å². The zero-order valence-corrected chi connectivity index (χ0v) is 13.0. The van der Waals surface area contributed by atoms with E-state index in [1.165, 1.54) is 12.7 Å². The predicted molar refractivity (Wildman–Crippen MR) is 83.2 cm³/mol. The van der Waals surface area contributed by atoms with Gasteiger partial charge in [-0.2, -0.15) is 0 Å². The van der Waals surface area contributed by atoms with E-state index in [1.807, 2.05) is 32.0 Å². The number of hydrogen-bond acceptors (Lipinski definition) is 4. The highest BCUT2D eigenvalue weighted by Gasteiger charge is 2.11. The number of nitrogens with zero attached hydrogens (tertiary/aromatic N) is 1. The van der Waals surface area contributed by atoms with Crippen molar-refractivity contribution in [3.05, 3.63) is 52.7 Å². The number of aromatic nitrogens is 1. The summed E-state index contributed by atoms with van der Waals surface area (Å²) in [4.78, 5) is 15.7. The van der Waals surface area contributed by atoms with Crippen LogP contribution in [0.25, 0.3) is 0 Å². The first-order chi connectivity index (χ1) is 9.99. The second-order valence-electron chi connectivity index (χ2n) is 4.75. The Labute approximate surface area is 128 Å². The van der Waals surface area contributed by atoms with Gasteiger partial charge in [-0.1, -0.05) is 6.07 Å². The normalized spacial score (nSPS) is 10.4. The van der Waals surface area contributed by atoms with Gasteiger partial charge in [0.1, 0.15) is 11.3 Å². The molecule has 0 radical (unpaired) electrons. The first-order valence-electron chi connectivity index (χ1n) is 6.48. The summed E-state index contributed by atoms with van der Waals surface area (Å²) in [6.45, 7) is 4.00. The van der Waals surface area contributed by atoms with Gasteiger partial charge in [0.05, 0.1) is 12.1 Å². The van der Waals surface area contributed by atoms with E-state index >= 15 is 0 Å². The van der Waals surface area contributed by atoms with E-state index in [1.54, 1.807) is 23.9 Å². The van der Waals surface area contributed by atoms with Gasteiger partial charge in [0.15, 0.2) is 0 Å². The summed E-state index contributed by atoms with van der Waals surface area (Å²) < 4.78 is 5.06. The van der Waals surface area contributed by atoms with Crippen LogP contribution in [0.3, 0.4) is 0 Å². The minimum absolute atomic E-state index is 0.184. The molecule has 1 heterocycles. The second kappa shape index (κ2) is 6.63. The predicted octanol–water partition coefficient (Wildman–Crippen LogP) is 3.70. The molecule has 0 aliphatic carbocycles. The molecule has 0 aliphatic rings. The van der Waals surface area contributed by atoms with E-state index in [-0.39, 0.29) is 5.56 Å². The van der Waals surface area contributed by atoms with E-state index in [4.69, 9.17) is 4.74 Å². The van der Waals surface area contributed by atoms with Crippen LogP contribution in [0.1, 0.15) is 27.2 Å². The summed E-state index contributed by atoms with van der Waals surface area (Å²) in [5.41, 5.74) is 3.27. The number of methoxy groups -OCH3 is 1. The number of hydrogen-bond donors (Lipinski definition) is 1. The lowest BCUT2D eigenvalue weighted by molar-refractivity contribution is 0.0693. The third kappa shape index (κ3) is 3.98. The Kier molecular flexibility index (Phi) is 4.85. The largest absolute Gasteiger partial charge is 0.496 e. The fourth-order valence-electron chi connectivity index (χ4n) is 2.05. The number of carboxylic acid groups (broad SMARTS) is 1. The molecule has 1 N–H and O–H groups in total. The number of carboxylic acids is 1. The number of carbonyl (C=O) groups is 1. The molecule has 4 nitrogen and oxygen atoms in total. The van der Waals surface area contributed by atoms with Crippen LogP contribution in [0, 0.1) is 13.8 Å². The molecule has 0 fully saturated rings. The molecule has 0 atom stereocenters. The van der Waals surface area contributed by atoms with Crippen molar-refractivity contribution in [1.82, 2.24) is 4.98 Å². The van der Waals surface area contributed by atoms with Crippen molar-refractivity contribution >= 4 is 17.7 Å². The molecular weight excluding hydrogens is 286 g/mol. The summed E-state index contributed by atoms with van der Waals surface area (Å²) in [7, 11) is 1.47. The summed E-state index contributed by atoms with van der Waals surface area (Å²) in [6.07, 6.45) is 0. The molecule has 0 amide bonds. The molecule has 0 bridgehead atoms. The van der Waals surface area contributed by atoms with E-state index in [0.29, 0.717) is 11.5 Å². The van der Waals surface area contributed by atoms with Gasteiger partial charge in [-0.15, -0.1) is 11.8 Å². The van der Waals surface area contributed by atoms with Crippen molar-refractivity contribution in [2.24, 2.45) is 0 Å². The van der Waals surface area contributed by atoms with Crippen LogP contribution in [-0.4, -0.2) is 23.2 Å². The number of ether oxygens (including phenoxy) is 1. The quantitative estimate of drug-likeness (QED) is 0.853. The number of pyridine rings is 1. The topological polar surface area (TPSA) is 59.4 Å². The van der Waals surface area contributed by atoms with Gasteiger partial charge >= 0.3 is 5.97 Å². The highest BCUT2D eigenvalue weighted by atomic mass is 32.2. The first kappa shape index (κ1) is 15.4. The Balaban J connectivity index is 2.16. The van der Waals surface area contributed by atoms with Crippen LogP contribution in [0.2, 0.25) is 0 Å². The maximum Gasteiger partial charge on any atom is 0.339 e. The molecule has 0 saturated heterocycles. The molecule has 1 aromatic heterocycles. The highest BCUT2D eigenvalue weighted by Crippen LogP contribution is 2.26. The van der Waals surface area contributed by atoms with E-state index in [0.717, 1.165) is 16.3 Å². The molecule has 0 aliphatic heterocycles. The Morgan fingerprint density at radius 1 is 1.29 bits per heavy atom. The minimum Gasteiger partial charge on any atom is -0.496 e.